The van der Waals surface area contributed by atoms with E-state index in [2.05, 4.69) is 21.2 Å². The van der Waals surface area contributed by atoms with Crippen LogP contribution in [0.15, 0.2) is 48.8 Å². The smallest absolute Gasteiger partial charge is 0.242 e. The predicted molar refractivity (Wildman–Crippen MR) is 81.5 cm³/mol. The molecule has 3 N–H and O–H groups in total. The van der Waals surface area contributed by atoms with Crippen molar-refractivity contribution in [2.75, 3.05) is 5.32 Å². The fourth-order valence-corrected chi connectivity index (χ4v) is 2.40. The summed E-state index contributed by atoms with van der Waals surface area (Å²) in [5.41, 5.74) is 9.26. The van der Waals surface area contributed by atoms with Crippen molar-refractivity contribution in [3.63, 3.8) is 0 Å². The number of hydrogen-bond acceptors (Lipinski definition) is 4. The van der Waals surface area contributed by atoms with Gasteiger partial charge in [0.1, 0.15) is 6.04 Å². The van der Waals surface area contributed by atoms with E-state index in [9.17, 15) is 4.79 Å². The first-order valence-corrected chi connectivity index (χ1v) is 7.01. The third kappa shape index (κ3) is 3.26. The van der Waals surface area contributed by atoms with Crippen LogP contribution in [0.4, 0.5) is 5.69 Å². The van der Waals surface area contributed by atoms with Gasteiger partial charge in [0.25, 0.3) is 0 Å². The predicted octanol–water partition coefficient (Wildman–Crippen LogP) is 1.94. The van der Waals surface area contributed by atoms with Gasteiger partial charge < -0.3 is 5.32 Å². The number of pyridine rings is 1. The van der Waals surface area contributed by atoms with Gasteiger partial charge in [-0.15, -0.1) is 0 Å². The molecule has 1 aromatic carbocycles. The molecule has 0 bridgehead atoms. The minimum atomic E-state index is -0.253. The molecule has 1 aliphatic rings. The van der Waals surface area contributed by atoms with Gasteiger partial charge in [0.15, 0.2) is 0 Å². The first kappa shape index (κ1) is 13.7. The van der Waals surface area contributed by atoms with Crippen LogP contribution < -0.4 is 16.2 Å². The van der Waals surface area contributed by atoms with Crippen molar-refractivity contribution in [1.82, 2.24) is 15.8 Å². The second kappa shape index (κ2) is 6.03. The Kier molecular flexibility index (Phi) is 3.94. The third-order valence-corrected chi connectivity index (χ3v) is 3.63. The van der Waals surface area contributed by atoms with Crippen molar-refractivity contribution < 1.29 is 4.79 Å². The first-order chi connectivity index (χ1) is 10.2. The molecule has 1 amide bonds. The van der Waals surface area contributed by atoms with E-state index in [0.717, 1.165) is 11.3 Å². The topological polar surface area (TPSA) is 66.0 Å². The van der Waals surface area contributed by atoms with Crippen LogP contribution in [-0.4, -0.2) is 16.9 Å². The van der Waals surface area contributed by atoms with Gasteiger partial charge in [-0.2, -0.15) is 0 Å². The molecule has 2 atom stereocenters. The number of hydrogen-bond donors (Lipinski definition) is 3. The molecule has 108 valence electrons. The third-order valence-electron chi connectivity index (χ3n) is 3.63. The summed E-state index contributed by atoms with van der Waals surface area (Å²) >= 11 is 0. The van der Waals surface area contributed by atoms with Crippen LogP contribution in [0, 0.1) is 6.92 Å². The zero-order valence-corrected chi connectivity index (χ0v) is 11.8. The maximum atomic E-state index is 12.2. The molecule has 0 aliphatic carbocycles. The van der Waals surface area contributed by atoms with Crippen LogP contribution in [0.3, 0.4) is 0 Å². The number of hydrazine groups is 1. The summed E-state index contributed by atoms with van der Waals surface area (Å²) in [5, 5.41) is 2.93. The number of nitrogens with zero attached hydrogens (tertiary/aromatic N) is 1. The van der Waals surface area contributed by atoms with E-state index in [1.54, 1.807) is 6.20 Å². The van der Waals surface area contributed by atoms with Gasteiger partial charge in [-0.1, -0.05) is 23.8 Å². The lowest BCUT2D eigenvalue weighted by molar-refractivity contribution is -0.117. The van der Waals surface area contributed by atoms with E-state index >= 15 is 0 Å². The lowest BCUT2D eigenvalue weighted by atomic mass is 10.0. The molecule has 2 heterocycles. The standard InChI is InChI=1S/C16H18N4O/c1-11-4-6-13(7-5-11)18-16(21)15-9-14(19-20-15)12-3-2-8-17-10-12/h2-8,10,14-15,19-20H,9H2,1H3,(H,18,21). The molecule has 5 heteroatoms. The van der Waals surface area contributed by atoms with Crippen molar-refractivity contribution in [3.8, 4) is 0 Å². The van der Waals surface area contributed by atoms with Crippen LogP contribution in [-0.2, 0) is 4.79 Å². The van der Waals surface area contributed by atoms with E-state index in [0.29, 0.717) is 6.42 Å². The summed E-state index contributed by atoms with van der Waals surface area (Å²) in [7, 11) is 0. The number of nitrogens with one attached hydrogen (secondary N) is 3. The zero-order valence-electron chi connectivity index (χ0n) is 11.8. The molecule has 1 aromatic heterocycles. The molecule has 2 aromatic rings. The van der Waals surface area contributed by atoms with E-state index in [4.69, 9.17) is 0 Å². The van der Waals surface area contributed by atoms with Crippen molar-refractivity contribution in [3.05, 3.63) is 59.9 Å². The molecule has 21 heavy (non-hydrogen) atoms. The number of anilines is 1. The summed E-state index contributed by atoms with van der Waals surface area (Å²) in [6, 6.07) is 11.5. The van der Waals surface area contributed by atoms with Crippen molar-refractivity contribution in [1.29, 1.82) is 0 Å². The fraction of sp³-hybridized carbons (Fsp3) is 0.250. The zero-order chi connectivity index (χ0) is 14.7. The SMILES string of the molecule is Cc1ccc(NC(=O)C2CC(c3cccnc3)NN2)cc1. The average molecular weight is 282 g/mol. The second-order valence-corrected chi connectivity index (χ2v) is 5.27. The van der Waals surface area contributed by atoms with Gasteiger partial charge in [-0.05, 0) is 37.1 Å². The van der Waals surface area contributed by atoms with Crippen LogP contribution in [0.2, 0.25) is 0 Å². The van der Waals surface area contributed by atoms with Crippen LogP contribution in [0.5, 0.6) is 0 Å². The summed E-state index contributed by atoms with van der Waals surface area (Å²) in [5.74, 6) is -0.0299. The molecule has 0 saturated carbocycles. The van der Waals surface area contributed by atoms with Gasteiger partial charge in [-0.3, -0.25) is 9.78 Å². The number of aryl methyl sites for hydroxylation is 1. The monoisotopic (exact) mass is 282 g/mol. The van der Waals surface area contributed by atoms with Gasteiger partial charge >= 0.3 is 0 Å². The van der Waals surface area contributed by atoms with Crippen molar-refractivity contribution >= 4 is 11.6 Å². The molecule has 3 rings (SSSR count). The van der Waals surface area contributed by atoms with Gasteiger partial charge in [-0.25, -0.2) is 10.9 Å². The van der Waals surface area contributed by atoms with Crippen LogP contribution in [0.25, 0.3) is 0 Å². The number of aromatic nitrogens is 1. The highest BCUT2D eigenvalue weighted by Crippen LogP contribution is 2.22. The molecular formula is C16H18N4O. The van der Waals surface area contributed by atoms with E-state index < -0.39 is 0 Å². The molecule has 1 saturated heterocycles. The van der Waals surface area contributed by atoms with Crippen molar-refractivity contribution in [2.24, 2.45) is 0 Å². The maximum Gasteiger partial charge on any atom is 0.242 e. The maximum absolute atomic E-state index is 12.2. The largest absolute Gasteiger partial charge is 0.325 e. The number of carbonyl (C=O) groups is 1. The highest BCUT2D eigenvalue weighted by molar-refractivity contribution is 5.95. The number of rotatable bonds is 3. The van der Waals surface area contributed by atoms with Crippen LogP contribution >= 0.6 is 0 Å². The Bertz CT molecular complexity index is 612. The molecule has 5 nitrogen and oxygen atoms in total. The minimum absolute atomic E-state index is 0.0299. The Labute approximate surface area is 123 Å². The van der Waals surface area contributed by atoms with Gasteiger partial charge in [0.2, 0.25) is 5.91 Å². The Balaban J connectivity index is 1.61. The molecular weight excluding hydrogens is 264 g/mol. The highest BCUT2D eigenvalue weighted by Gasteiger charge is 2.30. The quantitative estimate of drug-likeness (QED) is 0.805. The minimum Gasteiger partial charge on any atom is -0.325 e. The number of carbonyl (C=O) groups excluding carboxylic acids is 1. The normalized spacial score (nSPS) is 21.2. The van der Waals surface area contributed by atoms with Gasteiger partial charge in [0.05, 0.1) is 0 Å². The Morgan fingerprint density at radius 1 is 1.24 bits per heavy atom. The van der Waals surface area contributed by atoms with Crippen molar-refractivity contribution in [2.45, 2.75) is 25.4 Å². The highest BCUT2D eigenvalue weighted by atomic mass is 16.2. The number of benzene rings is 1. The second-order valence-electron chi connectivity index (χ2n) is 5.27. The summed E-state index contributed by atoms with van der Waals surface area (Å²) in [6.45, 7) is 2.02. The average Bonchev–Trinajstić information content (AvgIpc) is 3.00. The molecule has 1 aliphatic heterocycles. The van der Waals surface area contributed by atoms with E-state index in [-0.39, 0.29) is 18.0 Å². The summed E-state index contributed by atoms with van der Waals surface area (Å²) < 4.78 is 0. The fourth-order valence-electron chi connectivity index (χ4n) is 2.40. The summed E-state index contributed by atoms with van der Waals surface area (Å²) in [6.07, 6.45) is 4.26. The van der Waals surface area contributed by atoms with E-state index in [1.165, 1.54) is 5.56 Å². The molecule has 0 spiro atoms. The Hall–Kier alpha value is -2.24. The first-order valence-electron chi connectivity index (χ1n) is 7.01. The lowest BCUT2D eigenvalue weighted by Crippen LogP contribution is -2.39. The molecule has 2 unspecified atom stereocenters. The Morgan fingerprint density at radius 2 is 2.05 bits per heavy atom. The van der Waals surface area contributed by atoms with Gasteiger partial charge in [0, 0.05) is 24.1 Å². The molecule has 0 radical (unpaired) electrons. The lowest BCUT2D eigenvalue weighted by Gasteiger charge is -2.10. The number of amides is 1. The van der Waals surface area contributed by atoms with Crippen LogP contribution in [0.1, 0.15) is 23.6 Å². The summed E-state index contributed by atoms with van der Waals surface area (Å²) in [4.78, 5) is 16.4. The molecule has 1 fully saturated rings. The van der Waals surface area contributed by atoms with E-state index in [1.807, 2.05) is 49.5 Å². The Morgan fingerprint density at radius 3 is 2.76 bits per heavy atom.